The number of aryl methyl sites for hydroxylation is 1. The molecule has 3 aromatic rings. The molecule has 1 fully saturated rings. The van der Waals surface area contributed by atoms with Gasteiger partial charge < -0.3 is 14.4 Å². The Balaban J connectivity index is 1.42. The molecule has 0 atom stereocenters. The largest absolute Gasteiger partial charge is 0.497 e. The maximum Gasteiger partial charge on any atom is 0.186 e. The van der Waals surface area contributed by atoms with Crippen LogP contribution < -0.4 is 14.4 Å². The number of rotatable bonds is 6. The fourth-order valence-corrected chi connectivity index (χ4v) is 4.74. The van der Waals surface area contributed by atoms with E-state index in [4.69, 9.17) is 14.5 Å². The van der Waals surface area contributed by atoms with Gasteiger partial charge in [0.1, 0.15) is 11.5 Å². The van der Waals surface area contributed by atoms with Crippen molar-refractivity contribution in [2.45, 2.75) is 19.9 Å². The molecule has 0 radical (unpaired) electrons. The lowest BCUT2D eigenvalue weighted by molar-refractivity contribution is 0.245. The summed E-state index contributed by atoms with van der Waals surface area (Å²) < 4.78 is 12.2. The zero-order valence-electron chi connectivity index (χ0n) is 16.8. The monoisotopic (exact) mass is 397 g/mol. The molecule has 0 saturated carbocycles. The summed E-state index contributed by atoms with van der Waals surface area (Å²) in [5.41, 5.74) is 3.66. The van der Waals surface area contributed by atoms with Gasteiger partial charge in [-0.15, -0.1) is 0 Å². The molecule has 148 valence electrons. The van der Waals surface area contributed by atoms with Crippen molar-refractivity contribution in [2.75, 3.05) is 45.3 Å². The Kier molecular flexibility index (Phi) is 5.69. The van der Waals surface area contributed by atoms with Crippen molar-refractivity contribution in [1.82, 2.24) is 9.88 Å². The van der Waals surface area contributed by atoms with Crippen LogP contribution in [0.15, 0.2) is 36.4 Å². The summed E-state index contributed by atoms with van der Waals surface area (Å²) in [6, 6.07) is 12.6. The molecular formula is C22H27N3O2S. The van der Waals surface area contributed by atoms with E-state index in [1.54, 1.807) is 14.2 Å². The Morgan fingerprint density at radius 1 is 1.00 bits per heavy atom. The Labute approximate surface area is 170 Å². The second-order valence-corrected chi connectivity index (χ2v) is 8.10. The van der Waals surface area contributed by atoms with Gasteiger partial charge in [0.15, 0.2) is 5.13 Å². The summed E-state index contributed by atoms with van der Waals surface area (Å²) in [5, 5.41) is 1.14. The van der Waals surface area contributed by atoms with E-state index in [-0.39, 0.29) is 0 Å². The quantitative estimate of drug-likeness (QED) is 0.623. The van der Waals surface area contributed by atoms with Crippen molar-refractivity contribution >= 4 is 26.7 Å². The van der Waals surface area contributed by atoms with Gasteiger partial charge in [0.05, 0.1) is 24.4 Å². The maximum atomic E-state index is 5.53. The van der Waals surface area contributed by atoms with Crippen LogP contribution in [-0.2, 0) is 13.0 Å². The fourth-order valence-electron chi connectivity index (χ4n) is 3.66. The fraction of sp³-hybridized carbons (Fsp3) is 0.409. The number of hydrogen-bond acceptors (Lipinski definition) is 6. The van der Waals surface area contributed by atoms with Crippen molar-refractivity contribution in [1.29, 1.82) is 0 Å². The highest BCUT2D eigenvalue weighted by molar-refractivity contribution is 7.22. The number of ether oxygens (including phenoxy) is 2. The number of piperazine rings is 1. The van der Waals surface area contributed by atoms with Crippen LogP contribution in [0.1, 0.15) is 18.1 Å². The van der Waals surface area contributed by atoms with E-state index in [1.165, 1.54) is 15.8 Å². The van der Waals surface area contributed by atoms with Crippen molar-refractivity contribution in [3.8, 4) is 11.5 Å². The van der Waals surface area contributed by atoms with Crippen LogP contribution in [0, 0.1) is 0 Å². The van der Waals surface area contributed by atoms with Crippen molar-refractivity contribution in [3.63, 3.8) is 0 Å². The summed E-state index contributed by atoms with van der Waals surface area (Å²) in [6.07, 6.45) is 1.07. The van der Waals surface area contributed by atoms with Crippen LogP contribution in [-0.4, -0.2) is 50.3 Å². The van der Waals surface area contributed by atoms with Crippen molar-refractivity contribution in [3.05, 3.63) is 47.5 Å². The molecule has 4 rings (SSSR count). The average Bonchev–Trinajstić information content (AvgIpc) is 3.17. The zero-order valence-corrected chi connectivity index (χ0v) is 17.6. The van der Waals surface area contributed by atoms with Crippen LogP contribution in [0.5, 0.6) is 11.5 Å². The number of nitrogens with zero attached hydrogens (tertiary/aromatic N) is 3. The number of benzene rings is 2. The molecule has 0 spiro atoms. The first-order valence-electron chi connectivity index (χ1n) is 9.78. The maximum absolute atomic E-state index is 5.53. The van der Waals surface area contributed by atoms with Crippen molar-refractivity contribution in [2.24, 2.45) is 0 Å². The molecule has 0 N–H and O–H groups in total. The van der Waals surface area contributed by atoms with Gasteiger partial charge in [0, 0.05) is 38.3 Å². The normalized spacial score (nSPS) is 15.2. The van der Waals surface area contributed by atoms with E-state index in [2.05, 4.69) is 41.0 Å². The molecule has 0 unspecified atom stereocenters. The van der Waals surface area contributed by atoms with Crippen molar-refractivity contribution < 1.29 is 9.47 Å². The molecular weight excluding hydrogens is 370 g/mol. The van der Waals surface area contributed by atoms with Gasteiger partial charge in [-0.05, 0) is 42.3 Å². The van der Waals surface area contributed by atoms with Crippen LogP contribution in [0.25, 0.3) is 10.2 Å². The third-order valence-electron chi connectivity index (χ3n) is 5.37. The first-order valence-corrected chi connectivity index (χ1v) is 10.6. The zero-order chi connectivity index (χ0) is 19.5. The van der Waals surface area contributed by atoms with Gasteiger partial charge >= 0.3 is 0 Å². The van der Waals surface area contributed by atoms with E-state index < -0.39 is 0 Å². The Hall–Kier alpha value is -2.31. The van der Waals surface area contributed by atoms with Gasteiger partial charge in [-0.1, -0.05) is 24.3 Å². The molecule has 0 amide bonds. The number of aromatic nitrogens is 1. The first kappa shape index (κ1) is 19.0. The summed E-state index contributed by atoms with van der Waals surface area (Å²) in [7, 11) is 3.42. The van der Waals surface area contributed by atoms with E-state index in [9.17, 15) is 0 Å². The molecule has 5 nitrogen and oxygen atoms in total. The van der Waals surface area contributed by atoms with Gasteiger partial charge in [-0.3, -0.25) is 4.90 Å². The minimum Gasteiger partial charge on any atom is -0.497 e. The van der Waals surface area contributed by atoms with Crippen LogP contribution in [0.3, 0.4) is 0 Å². The topological polar surface area (TPSA) is 37.8 Å². The Morgan fingerprint density at radius 3 is 2.54 bits per heavy atom. The summed E-state index contributed by atoms with van der Waals surface area (Å²) >= 11 is 1.81. The first-order chi connectivity index (χ1) is 13.7. The number of anilines is 1. The van der Waals surface area contributed by atoms with Crippen LogP contribution in [0.4, 0.5) is 5.13 Å². The number of fused-ring (bicyclic) bond motifs is 1. The Morgan fingerprint density at radius 2 is 1.82 bits per heavy atom. The number of methoxy groups -OCH3 is 2. The van der Waals surface area contributed by atoms with Gasteiger partial charge in [0.25, 0.3) is 0 Å². The third-order valence-corrected chi connectivity index (χ3v) is 6.45. The third kappa shape index (κ3) is 3.93. The molecule has 1 aliphatic heterocycles. The van der Waals surface area contributed by atoms with Gasteiger partial charge in [0.2, 0.25) is 0 Å². The van der Waals surface area contributed by atoms with E-state index in [1.807, 2.05) is 23.5 Å². The lowest BCUT2D eigenvalue weighted by Crippen LogP contribution is -2.45. The Bertz CT molecular complexity index is 948. The molecule has 1 aromatic heterocycles. The highest BCUT2D eigenvalue weighted by Gasteiger charge is 2.21. The molecule has 28 heavy (non-hydrogen) atoms. The smallest absolute Gasteiger partial charge is 0.186 e. The summed E-state index contributed by atoms with van der Waals surface area (Å²) in [4.78, 5) is 9.74. The second kappa shape index (κ2) is 8.37. The summed E-state index contributed by atoms with van der Waals surface area (Å²) in [5.74, 6) is 1.79. The van der Waals surface area contributed by atoms with Gasteiger partial charge in [-0.2, -0.15) is 0 Å². The van der Waals surface area contributed by atoms with E-state index in [0.29, 0.717) is 0 Å². The highest BCUT2D eigenvalue weighted by Crippen LogP contribution is 2.31. The minimum atomic E-state index is 0.869. The molecule has 6 heteroatoms. The predicted octanol–water partition coefficient (Wildman–Crippen LogP) is 4.20. The van der Waals surface area contributed by atoms with E-state index >= 15 is 0 Å². The molecule has 0 aliphatic carbocycles. The number of thiazole rings is 1. The summed E-state index contributed by atoms with van der Waals surface area (Å²) in [6.45, 7) is 7.07. The molecule has 1 aliphatic rings. The molecule has 2 heterocycles. The lowest BCUT2D eigenvalue weighted by Gasteiger charge is -2.34. The van der Waals surface area contributed by atoms with Crippen LogP contribution in [0.2, 0.25) is 0 Å². The number of hydrogen-bond donors (Lipinski definition) is 0. The average molecular weight is 398 g/mol. The highest BCUT2D eigenvalue weighted by atomic mass is 32.1. The van der Waals surface area contributed by atoms with Gasteiger partial charge in [-0.25, -0.2) is 4.98 Å². The standard InChI is InChI=1S/C22H27N3O2S/c1-4-16-5-7-19-21(13-16)28-22(23-19)25-11-9-24(10-12-25)15-17-14-18(26-2)6-8-20(17)27-3/h5-8,13-14H,4,9-12,15H2,1-3H3. The molecule has 1 saturated heterocycles. The van der Waals surface area contributed by atoms with E-state index in [0.717, 1.165) is 61.3 Å². The molecule has 2 aromatic carbocycles. The second-order valence-electron chi connectivity index (χ2n) is 7.09. The minimum absolute atomic E-state index is 0.869. The van der Waals surface area contributed by atoms with Crippen LogP contribution >= 0.6 is 11.3 Å². The molecule has 0 bridgehead atoms. The SMILES string of the molecule is CCc1ccc2nc(N3CCN(Cc4cc(OC)ccc4OC)CC3)sc2c1. The predicted molar refractivity (Wildman–Crippen MR) is 116 cm³/mol. The lowest BCUT2D eigenvalue weighted by atomic mass is 10.1.